The van der Waals surface area contributed by atoms with Crippen molar-refractivity contribution in [1.29, 1.82) is 0 Å². The quantitative estimate of drug-likeness (QED) is 0.141. The summed E-state index contributed by atoms with van der Waals surface area (Å²) in [6.07, 6.45) is 0. The first-order chi connectivity index (χ1) is 36.7. The zero-order valence-electron chi connectivity index (χ0n) is 40.5. The van der Waals surface area contributed by atoms with Gasteiger partial charge in [0.1, 0.15) is 11.2 Å². The molecule has 0 aliphatic heterocycles. The van der Waals surface area contributed by atoms with Crippen LogP contribution in [0.25, 0.3) is 138 Å². The lowest BCUT2D eigenvalue weighted by atomic mass is 9.92. The van der Waals surface area contributed by atoms with Gasteiger partial charge in [0.15, 0.2) is 0 Å². The van der Waals surface area contributed by atoms with E-state index in [1.807, 2.05) is 0 Å². The molecular formula is C72H47NO. The fraction of sp³-hybridized carbons (Fsp3) is 0. The molecule has 2 nitrogen and oxygen atoms in total. The van der Waals surface area contributed by atoms with Gasteiger partial charge in [-0.05, 0) is 139 Å². The SMILES string of the molecule is c1ccc(-c2cc(-c3ccccc3)cc(-c3ccc(-c4cccc5c4oc4c(-c6ccc(-c7cc(-c8ccccc8)cc(-c8ccccc8)c7)cc6)cc6c7ccccc7n(-c7ccccc7)c6c45)cc3)c2)cc1. The van der Waals surface area contributed by atoms with Crippen molar-refractivity contribution in [2.75, 3.05) is 0 Å². The van der Waals surface area contributed by atoms with E-state index in [2.05, 4.69) is 290 Å². The molecule has 0 amide bonds. The van der Waals surface area contributed by atoms with E-state index in [0.717, 1.165) is 72.0 Å². The number of hydrogen-bond donors (Lipinski definition) is 0. The van der Waals surface area contributed by atoms with E-state index < -0.39 is 0 Å². The van der Waals surface area contributed by atoms with Crippen LogP contribution >= 0.6 is 0 Å². The molecule has 346 valence electrons. The van der Waals surface area contributed by atoms with Crippen molar-refractivity contribution >= 4 is 43.7 Å². The summed E-state index contributed by atoms with van der Waals surface area (Å²) < 4.78 is 9.82. The molecule has 0 N–H and O–H groups in total. The van der Waals surface area contributed by atoms with E-state index in [1.165, 1.54) is 66.4 Å². The minimum absolute atomic E-state index is 0.868. The summed E-state index contributed by atoms with van der Waals surface area (Å²) in [5.74, 6) is 0. The highest BCUT2D eigenvalue weighted by atomic mass is 16.3. The van der Waals surface area contributed by atoms with Crippen LogP contribution in [0.3, 0.4) is 0 Å². The Labute approximate surface area is 430 Å². The highest BCUT2D eigenvalue weighted by Crippen LogP contribution is 2.48. The Morgan fingerprint density at radius 1 is 0.230 bits per heavy atom. The van der Waals surface area contributed by atoms with Gasteiger partial charge < -0.3 is 8.98 Å². The van der Waals surface area contributed by atoms with E-state index in [-0.39, 0.29) is 0 Å². The average molecular weight is 942 g/mol. The highest BCUT2D eigenvalue weighted by molar-refractivity contribution is 6.28. The third kappa shape index (κ3) is 7.60. The van der Waals surface area contributed by atoms with Crippen molar-refractivity contribution < 1.29 is 4.42 Å². The third-order valence-electron chi connectivity index (χ3n) is 14.8. The molecule has 0 bridgehead atoms. The summed E-state index contributed by atoms with van der Waals surface area (Å²) in [6.45, 7) is 0. The minimum Gasteiger partial charge on any atom is -0.455 e. The minimum atomic E-state index is 0.868. The molecule has 0 spiro atoms. The largest absolute Gasteiger partial charge is 0.455 e. The van der Waals surface area contributed by atoms with E-state index >= 15 is 0 Å². The normalized spacial score (nSPS) is 11.5. The summed E-state index contributed by atoms with van der Waals surface area (Å²) in [6, 6.07) is 103. The predicted octanol–water partition coefficient (Wildman–Crippen LogP) is 20.0. The molecule has 0 aliphatic rings. The van der Waals surface area contributed by atoms with Gasteiger partial charge in [0, 0.05) is 33.0 Å². The number of nitrogens with zero attached hydrogens (tertiary/aromatic N) is 1. The molecule has 0 fully saturated rings. The molecule has 74 heavy (non-hydrogen) atoms. The second-order valence-electron chi connectivity index (χ2n) is 19.2. The molecule has 0 radical (unpaired) electrons. The number of aromatic nitrogens is 1. The van der Waals surface area contributed by atoms with Gasteiger partial charge in [0.25, 0.3) is 0 Å². The van der Waals surface area contributed by atoms with Gasteiger partial charge in [-0.3, -0.25) is 0 Å². The standard InChI is InChI=1S/C72H47NO/c1-6-19-48(20-7-1)56-41-57(49-21-8-2-9-22-49)44-60(43-56)52-33-37-54(38-34-52)63-30-18-31-65-69-70-67(64-29-16-17-32-68(64)73(70)62-27-14-5-15-28-62)47-66(72(69)74-71(63)65)55-39-35-53(36-40-55)61-45-58(50-23-10-3-11-24-50)42-59(46-61)51-25-12-4-13-26-51/h1-47H. The number of rotatable bonds is 9. The van der Waals surface area contributed by atoms with Crippen molar-refractivity contribution in [2.45, 2.75) is 0 Å². The van der Waals surface area contributed by atoms with Crippen molar-refractivity contribution in [1.82, 2.24) is 4.57 Å². The highest BCUT2D eigenvalue weighted by Gasteiger charge is 2.24. The van der Waals surface area contributed by atoms with Gasteiger partial charge in [-0.25, -0.2) is 0 Å². The van der Waals surface area contributed by atoms with Crippen LogP contribution in [0.5, 0.6) is 0 Å². The first-order valence-corrected chi connectivity index (χ1v) is 25.4. The fourth-order valence-electron chi connectivity index (χ4n) is 11.2. The van der Waals surface area contributed by atoms with Crippen molar-refractivity contribution in [3.63, 3.8) is 0 Å². The molecule has 2 heteroatoms. The molecule has 0 saturated heterocycles. The number of furan rings is 1. The van der Waals surface area contributed by atoms with E-state index in [0.29, 0.717) is 0 Å². The van der Waals surface area contributed by atoms with Crippen LogP contribution in [0.1, 0.15) is 0 Å². The summed E-state index contributed by atoms with van der Waals surface area (Å²) in [5.41, 5.74) is 23.6. The van der Waals surface area contributed by atoms with Crippen molar-refractivity contribution in [3.05, 3.63) is 285 Å². The smallest absolute Gasteiger partial charge is 0.145 e. The first kappa shape index (κ1) is 43.1. The van der Waals surface area contributed by atoms with Crippen LogP contribution < -0.4 is 0 Å². The van der Waals surface area contributed by atoms with Gasteiger partial charge in [-0.15, -0.1) is 0 Å². The Balaban J connectivity index is 0.938. The van der Waals surface area contributed by atoms with Gasteiger partial charge in [-0.2, -0.15) is 0 Å². The van der Waals surface area contributed by atoms with Gasteiger partial charge in [0.05, 0.1) is 16.4 Å². The van der Waals surface area contributed by atoms with Crippen molar-refractivity contribution in [2.24, 2.45) is 0 Å². The molecule has 14 aromatic rings. The van der Waals surface area contributed by atoms with Crippen LogP contribution in [0.15, 0.2) is 290 Å². The lowest BCUT2D eigenvalue weighted by Crippen LogP contribution is -1.94. The Morgan fingerprint density at radius 3 is 1.05 bits per heavy atom. The lowest BCUT2D eigenvalue weighted by molar-refractivity contribution is 0.671. The molecule has 0 aliphatic carbocycles. The second kappa shape index (κ2) is 18.1. The summed E-state index contributed by atoms with van der Waals surface area (Å²) in [7, 11) is 0. The molecule has 12 aromatic carbocycles. The Bertz CT molecular complexity index is 4230. The maximum absolute atomic E-state index is 7.39. The van der Waals surface area contributed by atoms with Gasteiger partial charge >= 0.3 is 0 Å². The summed E-state index contributed by atoms with van der Waals surface area (Å²) in [5, 5.41) is 4.57. The lowest BCUT2D eigenvalue weighted by Gasteiger charge is -2.12. The maximum Gasteiger partial charge on any atom is 0.145 e. The fourth-order valence-corrected chi connectivity index (χ4v) is 11.2. The number of hydrogen-bond acceptors (Lipinski definition) is 1. The number of para-hydroxylation sites is 3. The Hall–Kier alpha value is -9.76. The molecule has 2 aromatic heterocycles. The topological polar surface area (TPSA) is 18.1 Å². The molecule has 0 saturated carbocycles. The summed E-state index contributed by atoms with van der Waals surface area (Å²) >= 11 is 0. The van der Waals surface area contributed by atoms with E-state index in [1.54, 1.807) is 0 Å². The maximum atomic E-state index is 7.39. The van der Waals surface area contributed by atoms with Gasteiger partial charge in [-0.1, -0.05) is 224 Å². The van der Waals surface area contributed by atoms with Crippen molar-refractivity contribution in [3.8, 4) is 94.7 Å². The molecule has 0 atom stereocenters. The molecular weight excluding hydrogens is 895 g/mol. The van der Waals surface area contributed by atoms with Crippen LogP contribution in [0.2, 0.25) is 0 Å². The third-order valence-corrected chi connectivity index (χ3v) is 14.8. The second-order valence-corrected chi connectivity index (χ2v) is 19.2. The molecule has 2 heterocycles. The van der Waals surface area contributed by atoms with E-state index in [9.17, 15) is 0 Å². The Morgan fingerprint density at radius 2 is 0.595 bits per heavy atom. The van der Waals surface area contributed by atoms with Crippen LogP contribution in [-0.4, -0.2) is 4.57 Å². The monoisotopic (exact) mass is 941 g/mol. The predicted molar refractivity (Wildman–Crippen MR) is 312 cm³/mol. The zero-order valence-corrected chi connectivity index (χ0v) is 40.5. The molecule has 0 unspecified atom stereocenters. The summed E-state index contributed by atoms with van der Waals surface area (Å²) in [4.78, 5) is 0. The van der Waals surface area contributed by atoms with Crippen LogP contribution in [0.4, 0.5) is 0 Å². The van der Waals surface area contributed by atoms with Crippen LogP contribution in [-0.2, 0) is 0 Å². The van der Waals surface area contributed by atoms with Crippen LogP contribution in [0, 0.1) is 0 Å². The Kier molecular flexibility index (Phi) is 10.6. The molecule has 14 rings (SSSR count). The van der Waals surface area contributed by atoms with Gasteiger partial charge in [0.2, 0.25) is 0 Å². The number of fused-ring (bicyclic) bond motifs is 7. The van der Waals surface area contributed by atoms with E-state index in [4.69, 9.17) is 4.42 Å². The first-order valence-electron chi connectivity index (χ1n) is 25.4. The number of benzene rings is 12. The zero-order chi connectivity index (χ0) is 49.0. The average Bonchev–Trinajstić information content (AvgIpc) is 4.06.